The Balaban J connectivity index is 0.000000468. The summed E-state index contributed by atoms with van der Waals surface area (Å²) in [7, 11) is 1.55. The molecule has 0 amide bonds. The lowest BCUT2D eigenvalue weighted by Crippen LogP contribution is -2.27. The van der Waals surface area contributed by atoms with Crippen molar-refractivity contribution in [3.8, 4) is 11.5 Å². The summed E-state index contributed by atoms with van der Waals surface area (Å²) in [5.41, 5.74) is -0.222. The van der Waals surface area contributed by atoms with Crippen LogP contribution in [0.1, 0.15) is 26.7 Å². The minimum atomic E-state index is -0.861. The van der Waals surface area contributed by atoms with Crippen LogP contribution in [0.5, 0.6) is 11.5 Å². The highest BCUT2D eigenvalue weighted by molar-refractivity contribution is 5.39. The van der Waals surface area contributed by atoms with Crippen molar-refractivity contribution in [1.82, 2.24) is 0 Å². The van der Waals surface area contributed by atoms with Crippen molar-refractivity contribution >= 4 is 0 Å². The van der Waals surface area contributed by atoms with E-state index in [0.717, 1.165) is 12.8 Å². The largest absolute Gasteiger partial charge is 0.493 e. The van der Waals surface area contributed by atoms with Gasteiger partial charge in [-0.3, -0.25) is 0 Å². The Labute approximate surface area is 138 Å². The lowest BCUT2D eigenvalue weighted by atomic mass is 9.84. The van der Waals surface area contributed by atoms with Gasteiger partial charge in [0.1, 0.15) is 12.7 Å². The molecular formula is C17H30O6. The highest BCUT2D eigenvalue weighted by atomic mass is 16.5. The quantitative estimate of drug-likeness (QED) is 0.543. The minimum absolute atomic E-state index is 0.0525. The second kappa shape index (κ2) is 12.1. The van der Waals surface area contributed by atoms with Crippen LogP contribution in [-0.4, -0.2) is 60.1 Å². The predicted octanol–water partition coefficient (Wildman–Crippen LogP) is 1.20. The minimum Gasteiger partial charge on any atom is -0.493 e. The zero-order chi connectivity index (χ0) is 17.7. The Morgan fingerprint density at radius 2 is 1.52 bits per heavy atom. The Morgan fingerprint density at radius 3 is 1.87 bits per heavy atom. The van der Waals surface area contributed by atoms with Gasteiger partial charge in [-0.05, 0) is 25.0 Å². The number of rotatable bonds is 9. The molecule has 0 bridgehead atoms. The molecule has 1 rings (SSSR count). The fourth-order valence-electron chi connectivity index (χ4n) is 1.72. The first-order chi connectivity index (χ1) is 11.0. The van der Waals surface area contributed by atoms with Crippen LogP contribution in [0.15, 0.2) is 24.3 Å². The monoisotopic (exact) mass is 330 g/mol. The number of hydrogen-bond acceptors (Lipinski definition) is 6. The van der Waals surface area contributed by atoms with Crippen LogP contribution in [0.3, 0.4) is 0 Å². The van der Waals surface area contributed by atoms with Crippen LogP contribution in [-0.2, 0) is 0 Å². The number of para-hydroxylation sites is 2. The molecule has 0 aliphatic heterocycles. The Kier molecular flexibility index (Phi) is 11.4. The number of hydrogen-bond donors (Lipinski definition) is 4. The van der Waals surface area contributed by atoms with Gasteiger partial charge in [-0.2, -0.15) is 0 Å². The van der Waals surface area contributed by atoms with E-state index < -0.39 is 6.10 Å². The Morgan fingerprint density at radius 1 is 1.00 bits per heavy atom. The summed E-state index contributed by atoms with van der Waals surface area (Å²) in [6.07, 6.45) is 0.826. The van der Waals surface area contributed by atoms with Crippen LogP contribution in [0.4, 0.5) is 0 Å². The molecule has 0 aliphatic rings. The summed E-state index contributed by atoms with van der Waals surface area (Å²) < 4.78 is 10.3. The fourth-order valence-corrected chi connectivity index (χ4v) is 1.72. The molecule has 0 aliphatic carbocycles. The van der Waals surface area contributed by atoms with Gasteiger partial charge in [-0.1, -0.05) is 26.0 Å². The molecular weight excluding hydrogens is 300 g/mol. The Hall–Kier alpha value is -1.34. The summed E-state index contributed by atoms with van der Waals surface area (Å²) in [5.74, 6) is 1.17. The first-order valence-electron chi connectivity index (χ1n) is 7.78. The van der Waals surface area contributed by atoms with Crippen LogP contribution < -0.4 is 9.47 Å². The summed E-state index contributed by atoms with van der Waals surface area (Å²) in [6, 6.07) is 7.14. The molecule has 6 nitrogen and oxygen atoms in total. The van der Waals surface area contributed by atoms with Gasteiger partial charge in [-0.25, -0.2) is 0 Å². The Bertz CT molecular complexity index is 388. The van der Waals surface area contributed by atoms with Crippen molar-refractivity contribution in [2.45, 2.75) is 32.8 Å². The van der Waals surface area contributed by atoms with Crippen molar-refractivity contribution in [1.29, 1.82) is 0 Å². The van der Waals surface area contributed by atoms with E-state index in [1.807, 2.05) is 26.0 Å². The molecule has 0 heterocycles. The molecule has 1 aromatic rings. The van der Waals surface area contributed by atoms with E-state index in [4.69, 9.17) is 29.9 Å². The maximum Gasteiger partial charge on any atom is 0.161 e. The first-order valence-corrected chi connectivity index (χ1v) is 7.78. The number of aliphatic hydroxyl groups excluding tert-OH is 4. The highest BCUT2D eigenvalue weighted by Gasteiger charge is 2.23. The molecule has 0 fully saturated rings. The molecule has 23 heavy (non-hydrogen) atoms. The van der Waals surface area contributed by atoms with Gasteiger partial charge in [0.05, 0.1) is 26.9 Å². The van der Waals surface area contributed by atoms with E-state index in [0.29, 0.717) is 11.5 Å². The standard InChI is InChI=1S/C10H14O4.C7H16O2/c1-13-9-4-2-3-5-10(9)14-7-8(12)6-11;1-3-7(4-2,5-8)6-9/h2-5,8,11-12H,6-7H2,1H3;8-9H,3-6H2,1-2H3. The van der Waals surface area contributed by atoms with E-state index >= 15 is 0 Å². The van der Waals surface area contributed by atoms with Gasteiger partial charge in [0.25, 0.3) is 0 Å². The van der Waals surface area contributed by atoms with Gasteiger partial charge in [-0.15, -0.1) is 0 Å². The molecule has 134 valence electrons. The second-order valence-corrected chi connectivity index (χ2v) is 5.32. The highest BCUT2D eigenvalue weighted by Crippen LogP contribution is 2.25. The van der Waals surface area contributed by atoms with Crippen LogP contribution >= 0.6 is 0 Å². The van der Waals surface area contributed by atoms with E-state index in [1.165, 1.54) is 0 Å². The molecule has 0 saturated heterocycles. The molecule has 0 aromatic heterocycles. The van der Waals surface area contributed by atoms with E-state index in [1.54, 1.807) is 19.2 Å². The summed E-state index contributed by atoms with van der Waals surface area (Å²) in [6.45, 7) is 3.89. The smallest absolute Gasteiger partial charge is 0.161 e. The summed E-state index contributed by atoms with van der Waals surface area (Å²) >= 11 is 0. The molecule has 1 atom stereocenters. The molecule has 0 radical (unpaired) electrons. The second-order valence-electron chi connectivity index (χ2n) is 5.32. The van der Waals surface area contributed by atoms with Gasteiger partial charge in [0.15, 0.2) is 11.5 Å². The normalized spacial score (nSPS) is 12.1. The van der Waals surface area contributed by atoms with Gasteiger partial charge >= 0.3 is 0 Å². The maximum absolute atomic E-state index is 9.07. The van der Waals surface area contributed by atoms with E-state index in [-0.39, 0.29) is 31.8 Å². The van der Waals surface area contributed by atoms with E-state index in [9.17, 15) is 0 Å². The number of benzene rings is 1. The topological polar surface area (TPSA) is 99.4 Å². The van der Waals surface area contributed by atoms with Crippen molar-refractivity contribution in [3.05, 3.63) is 24.3 Å². The van der Waals surface area contributed by atoms with Gasteiger partial charge < -0.3 is 29.9 Å². The van der Waals surface area contributed by atoms with Gasteiger partial charge in [0, 0.05) is 5.41 Å². The average Bonchev–Trinajstić information content (AvgIpc) is 2.62. The lowest BCUT2D eigenvalue weighted by molar-refractivity contribution is 0.0480. The van der Waals surface area contributed by atoms with Crippen molar-refractivity contribution in [2.75, 3.05) is 33.5 Å². The van der Waals surface area contributed by atoms with Crippen molar-refractivity contribution < 1.29 is 29.9 Å². The average molecular weight is 330 g/mol. The summed E-state index contributed by atoms with van der Waals surface area (Å²) in [5, 5.41) is 35.3. The molecule has 1 aromatic carbocycles. The van der Waals surface area contributed by atoms with Crippen LogP contribution in [0, 0.1) is 5.41 Å². The molecule has 6 heteroatoms. The zero-order valence-corrected chi connectivity index (χ0v) is 14.2. The van der Waals surface area contributed by atoms with Crippen molar-refractivity contribution in [2.24, 2.45) is 5.41 Å². The number of ether oxygens (including phenoxy) is 2. The number of aliphatic hydroxyl groups is 4. The third kappa shape index (κ3) is 7.65. The third-order valence-electron chi connectivity index (χ3n) is 3.88. The molecule has 0 saturated carbocycles. The fraction of sp³-hybridized carbons (Fsp3) is 0.647. The van der Waals surface area contributed by atoms with Gasteiger partial charge in [0.2, 0.25) is 0 Å². The predicted molar refractivity (Wildman–Crippen MR) is 88.8 cm³/mol. The van der Waals surface area contributed by atoms with Crippen LogP contribution in [0.2, 0.25) is 0 Å². The molecule has 1 unspecified atom stereocenters. The van der Waals surface area contributed by atoms with Crippen molar-refractivity contribution in [3.63, 3.8) is 0 Å². The lowest BCUT2D eigenvalue weighted by Gasteiger charge is -2.25. The SMILES string of the molecule is CCC(CC)(CO)CO.COc1ccccc1OCC(O)CO. The molecule has 4 N–H and O–H groups in total. The number of methoxy groups -OCH3 is 1. The maximum atomic E-state index is 9.07. The van der Waals surface area contributed by atoms with E-state index in [2.05, 4.69) is 0 Å². The van der Waals surface area contributed by atoms with Crippen LogP contribution in [0.25, 0.3) is 0 Å². The summed E-state index contributed by atoms with van der Waals surface area (Å²) in [4.78, 5) is 0. The zero-order valence-electron chi connectivity index (χ0n) is 14.2. The molecule has 0 spiro atoms. The first kappa shape index (κ1) is 21.7. The third-order valence-corrected chi connectivity index (χ3v) is 3.88.